The standard InChI is InChI=1S/C14H18O3.C13H16O6.C13H16O5.2C13H18O4/c15-14(16)12-7-4-8-13(9-12)17-10-11-5-2-1-3-6-11;14-9-7-19-12(13(16)17)10(15)11(9)18-6-8-4-2-1-3-5-8;14-10-8-18-12(13(15)16)6-11(10)17-7-9-4-2-1-3-5-9;2*14-7-11-6-13(12(15)9-16-11)17-8-10-4-2-1-3-5-10/h1-3,5-6,12-13H,4,7-10H2,(H,15,16);1-5,9-12,14-15H,6-7H2,(H,16,17);1-5,10-12,14H,6-8H2,(H,15,16);2*1-5,11-15H,6-9H2/t12?,13-;9?,10-,11-,12?;10?,11-,12?;2*11?,12?,13-/m00111/s1. The Morgan fingerprint density at radius 3 is 1.14 bits per heavy atom. The first-order valence-corrected chi connectivity index (χ1v) is 29.6. The number of rotatable bonds is 20. The average Bonchev–Trinajstić information content (AvgIpc) is 3.58. The van der Waals surface area contributed by atoms with Crippen LogP contribution >= 0.6 is 0 Å². The van der Waals surface area contributed by atoms with Gasteiger partial charge >= 0.3 is 17.9 Å². The zero-order valence-corrected chi connectivity index (χ0v) is 49.2. The van der Waals surface area contributed by atoms with E-state index in [1.807, 2.05) is 152 Å². The number of carbonyl (C=O) groups is 3. The maximum Gasteiger partial charge on any atom is 0.335 e. The molecule has 0 radical (unpaired) electrons. The van der Waals surface area contributed by atoms with Crippen molar-refractivity contribution in [1.29, 1.82) is 0 Å². The Labute approximate surface area is 512 Å². The van der Waals surface area contributed by atoms with E-state index in [0.29, 0.717) is 45.7 Å². The molecule has 1 aliphatic carbocycles. The molecule has 5 fully saturated rings. The average molecular weight is 1230 g/mol. The summed E-state index contributed by atoms with van der Waals surface area (Å²) in [4.78, 5) is 32.6. The summed E-state index contributed by atoms with van der Waals surface area (Å²) < 4.78 is 48.5. The van der Waals surface area contributed by atoms with Gasteiger partial charge in [0.1, 0.15) is 36.6 Å². The van der Waals surface area contributed by atoms with Crippen LogP contribution in [-0.4, -0.2) is 194 Å². The van der Waals surface area contributed by atoms with Gasteiger partial charge in [-0.3, -0.25) is 4.79 Å². The molecule has 0 spiro atoms. The number of aliphatic hydroxyl groups is 7. The molecule has 88 heavy (non-hydrogen) atoms. The van der Waals surface area contributed by atoms with Crippen LogP contribution in [0.3, 0.4) is 0 Å². The fourth-order valence-corrected chi connectivity index (χ4v) is 10.0. The van der Waals surface area contributed by atoms with Crippen LogP contribution in [0.25, 0.3) is 0 Å². The number of hydrogen-bond donors (Lipinski definition) is 10. The van der Waals surface area contributed by atoms with Crippen molar-refractivity contribution in [3.05, 3.63) is 179 Å². The number of hydrogen-bond acceptors (Lipinski definition) is 19. The summed E-state index contributed by atoms with van der Waals surface area (Å²) >= 11 is 0. The molecule has 15 atom stereocenters. The summed E-state index contributed by atoms with van der Waals surface area (Å²) in [5.74, 6) is -3.19. The van der Waals surface area contributed by atoms with Crippen molar-refractivity contribution in [2.45, 2.75) is 163 Å². The number of carboxylic acids is 3. The largest absolute Gasteiger partial charge is 0.481 e. The van der Waals surface area contributed by atoms with Gasteiger partial charge in [0.15, 0.2) is 12.2 Å². The minimum atomic E-state index is -1.40. The van der Waals surface area contributed by atoms with E-state index in [2.05, 4.69) is 0 Å². The molecule has 0 aromatic heterocycles. The number of aliphatic carboxylic acids is 3. The van der Waals surface area contributed by atoms with Crippen molar-refractivity contribution in [1.82, 2.24) is 0 Å². The van der Waals surface area contributed by atoms with Crippen molar-refractivity contribution in [2.75, 3.05) is 39.6 Å². The van der Waals surface area contributed by atoms with Gasteiger partial charge in [0.25, 0.3) is 0 Å². The molecule has 10 rings (SSSR count). The van der Waals surface area contributed by atoms with Gasteiger partial charge in [-0.05, 0) is 47.1 Å². The van der Waals surface area contributed by atoms with Crippen LogP contribution in [0.4, 0.5) is 0 Å². The molecule has 0 amide bonds. The maximum atomic E-state index is 10.9. The summed E-state index contributed by atoms with van der Waals surface area (Å²) in [6.07, 6.45) is -4.43. The smallest absolute Gasteiger partial charge is 0.335 e. The van der Waals surface area contributed by atoms with E-state index in [-0.39, 0.29) is 89.1 Å². The number of aliphatic hydroxyl groups excluding tert-OH is 7. The molecular formula is C66H86O22. The van der Waals surface area contributed by atoms with E-state index in [4.69, 9.17) is 68.2 Å². The van der Waals surface area contributed by atoms with Gasteiger partial charge in [-0.25, -0.2) is 9.59 Å². The predicted molar refractivity (Wildman–Crippen MR) is 317 cm³/mol. The zero-order chi connectivity index (χ0) is 63.0. The number of ether oxygens (including phenoxy) is 9. The lowest BCUT2D eigenvalue weighted by atomic mass is 9.87. The SMILES string of the molecule is O=C(O)C1CCC[C@H](OCc2ccccc2)C1.O=C(O)C1C[C@@H](OCc2ccccc2)C(O)CO1.O=C(O)C1OCC(O)[C@H](OCc2ccccc2)[C@@H]1O.OCC1C[C@@H](OCc2ccccc2)C(O)CO1.OCC1C[C@@H](OCc2ccccc2)C(O)CO1. The monoisotopic (exact) mass is 1230 g/mol. The first kappa shape index (κ1) is 71.0. The summed E-state index contributed by atoms with van der Waals surface area (Å²) in [7, 11) is 0. The van der Waals surface area contributed by atoms with Crippen molar-refractivity contribution < 1.29 is 108 Å². The second-order valence-corrected chi connectivity index (χ2v) is 21.9. The highest BCUT2D eigenvalue weighted by atomic mass is 16.6. The number of carboxylic acid groups (broad SMARTS) is 3. The van der Waals surface area contributed by atoms with E-state index < -0.39 is 72.8 Å². The van der Waals surface area contributed by atoms with Crippen LogP contribution < -0.4 is 0 Å². The van der Waals surface area contributed by atoms with Crippen LogP contribution in [0.1, 0.15) is 72.8 Å². The molecular weight excluding hydrogens is 1140 g/mol. The van der Waals surface area contributed by atoms with Gasteiger partial charge in [0.05, 0.1) is 115 Å². The maximum absolute atomic E-state index is 10.9. The summed E-state index contributed by atoms with van der Waals surface area (Å²) in [6.45, 7) is 2.29. The van der Waals surface area contributed by atoms with Crippen molar-refractivity contribution >= 4 is 17.9 Å². The quantitative estimate of drug-likeness (QED) is 0.0497. The second-order valence-electron chi connectivity index (χ2n) is 21.9. The first-order valence-electron chi connectivity index (χ1n) is 29.6. The van der Waals surface area contributed by atoms with E-state index in [1.165, 1.54) is 0 Å². The third-order valence-electron chi connectivity index (χ3n) is 15.1. The fourth-order valence-electron chi connectivity index (χ4n) is 10.0. The first-order chi connectivity index (χ1) is 42.6. The molecule has 0 bridgehead atoms. The van der Waals surface area contributed by atoms with Gasteiger partial charge in [0, 0.05) is 19.3 Å². The zero-order valence-electron chi connectivity index (χ0n) is 49.2. The Bertz CT molecular complexity index is 2610. The van der Waals surface area contributed by atoms with Gasteiger partial charge in [-0.2, -0.15) is 0 Å². The highest BCUT2D eigenvalue weighted by Gasteiger charge is 2.43. The van der Waals surface area contributed by atoms with Crippen LogP contribution in [-0.2, 0) is 90.0 Å². The van der Waals surface area contributed by atoms with E-state index in [9.17, 15) is 39.9 Å². The van der Waals surface area contributed by atoms with E-state index >= 15 is 0 Å². The lowest BCUT2D eigenvalue weighted by molar-refractivity contribution is -0.215. The van der Waals surface area contributed by atoms with Gasteiger partial charge in [-0.1, -0.05) is 158 Å². The molecule has 1 saturated carbocycles. The molecule has 4 saturated heterocycles. The van der Waals surface area contributed by atoms with E-state index in [1.54, 1.807) is 0 Å². The molecule has 5 aromatic carbocycles. The molecule has 9 unspecified atom stereocenters. The Morgan fingerprint density at radius 2 is 0.761 bits per heavy atom. The Morgan fingerprint density at radius 1 is 0.398 bits per heavy atom. The summed E-state index contributed by atoms with van der Waals surface area (Å²) in [5.41, 5.74) is 5.16. The Balaban J connectivity index is 0.000000176. The van der Waals surface area contributed by atoms with Gasteiger partial charge < -0.3 is 93.7 Å². The lowest BCUT2D eigenvalue weighted by Gasteiger charge is -2.35. The highest BCUT2D eigenvalue weighted by molar-refractivity contribution is 5.73. The Hall–Kier alpha value is -6.13. The highest BCUT2D eigenvalue weighted by Crippen LogP contribution is 2.28. The summed E-state index contributed by atoms with van der Waals surface area (Å²) in [6, 6.07) is 48.4. The van der Waals surface area contributed by atoms with Gasteiger partial charge in [-0.15, -0.1) is 0 Å². The molecule has 10 N–H and O–H groups in total. The minimum Gasteiger partial charge on any atom is -0.481 e. The molecule has 4 heterocycles. The topological polar surface area (TPSA) is 337 Å². The normalized spacial score (nSPS) is 28.4. The Kier molecular flexibility index (Phi) is 31.5. The fraction of sp³-hybridized carbons (Fsp3) is 0.500. The summed E-state index contributed by atoms with van der Waals surface area (Å²) in [5, 5.41) is 93.5. The molecule has 22 heteroatoms. The molecule has 5 aromatic rings. The molecule has 22 nitrogen and oxygen atoms in total. The molecule has 4 aliphatic heterocycles. The van der Waals surface area contributed by atoms with Crippen LogP contribution in [0.2, 0.25) is 0 Å². The second kappa shape index (κ2) is 39.1. The third-order valence-corrected chi connectivity index (χ3v) is 15.1. The lowest BCUT2D eigenvalue weighted by Crippen LogP contribution is -2.56. The van der Waals surface area contributed by atoms with Gasteiger partial charge in [0.2, 0.25) is 0 Å². The van der Waals surface area contributed by atoms with Crippen molar-refractivity contribution in [3.8, 4) is 0 Å². The molecule has 482 valence electrons. The predicted octanol–water partition coefficient (Wildman–Crippen LogP) is 4.86. The van der Waals surface area contributed by atoms with Crippen LogP contribution in [0.15, 0.2) is 152 Å². The third kappa shape index (κ3) is 25.0. The minimum absolute atomic E-state index is 0.00355. The number of benzene rings is 5. The van der Waals surface area contributed by atoms with E-state index in [0.717, 1.165) is 47.1 Å². The van der Waals surface area contributed by atoms with Crippen molar-refractivity contribution in [2.24, 2.45) is 5.92 Å². The van der Waals surface area contributed by atoms with Crippen LogP contribution in [0.5, 0.6) is 0 Å². The van der Waals surface area contributed by atoms with Crippen LogP contribution in [0, 0.1) is 5.92 Å². The van der Waals surface area contributed by atoms with Crippen molar-refractivity contribution in [3.63, 3.8) is 0 Å². The molecule has 5 aliphatic rings.